The van der Waals surface area contributed by atoms with Crippen LogP contribution in [0.3, 0.4) is 0 Å². The van der Waals surface area contributed by atoms with Gasteiger partial charge in [0.2, 0.25) is 5.91 Å². The lowest BCUT2D eigenvalue weighted by Crippen LogP contribution is -2.40. The number of carbonyl (C=O) groups is 1. The van der Waals surface area contributed by atoms with Gasteiger partial charge in [0.05, 0.1) is 0 Å². The molecule has 1 heterocycles. The van der Waals surface area contributed by atoms with Crippen LogP contribution in [0.25, 0.3) is 0 Å². The van der Waals surface area contributed by atoms with Crippen molar-refractivity contribution in [3.05, 3.63) is 30.1 Å². The second kappa shape index (κ2) is 6.10. The number of rotatable bonds is 5. The van der Waals surface area contributed by atoms with E-state index in [0.29, 0.717) is 13.0 Å². The van der Waals surface area contributed by atoms with Gasteiger partial charge in [0, 0.05) is 31.4 Å². The van der Waals surface area contributed by atoms with Gasteiger partial charge in [-0.05, 0) is 12.1 Å². The van der Waals surface area contributed by atoms with Gasteiger partial charge in [-0.25, -0.2) is 0 Å². The van der Waals surface area contributed by atoms with E-state index < -0.39 is 12.0 Å². The van der Waals surface area contributed by atoms with Crippen LogP contribution in [-0.4, -0.2) is 35.2 Å². The highest BCUT2D eigenvalue weighted by molar-refractivity contribution is 5.80. The average molecular weight is 209 g/mol. The van der Waals surface area contributed by atoms with Crippen LogP contribution in [-0.2, 0) is 11.2 Å². The van der Waals surface area contributed by atoms with E-state index in [1.165, 1.54) is 0 Å². The zero-order valence-electron chi connectivity index (χ0n) is 8.39. The molecule has 1 rings (SSSR count). The van der Waals surface area contributed by atoms with Gasteiger partial charge in [-0.15, -0.1) is 0 Å². The molecule has 5 heteroatoms. The Bertz CT molecular complexity index is 303. The molecule has 0 saturated carbocycles. The van der Waals surface area contributed by atoms with Gasteiger partial charge < -0.3 is 16.2 Å². The van der Waals surface area contributed by atoms with Crippen molar-refractivity contribution in [3.63, 3.8) is 0 Å². The summed E-state index contributed by atoms with van der Waals surface area (Å²) in [7, 11) is 0. The lowest BCUT2D eigenvalue weighted by molar-refractivity contribution is -0.128. The summed E-state index contributed by atoms with van der Waals surface area (Å²) in [5.41, 5.74) is 6.04. The van der Waals surface area contributed by atoms with E-state index >= 15 is 0 Å². The number of aliphatic hydroxyl groups is 1. The molecular formula is C10H15N3O2. The molecule has 1 aromatic heterocycles. The predicted molar refractivity (Wildman–Crippen MR) is 56.0 cm³/mol. The molecule has 0 aromatic carbocycles. The highest BCUT2D eigenvalue weighted by atomic mass is 16.3. The minimum absolute atomic E-state index is 0.0601. The van der Waals surface area contributed by atoms with Crippen LogP contribution in [0.15, 0.2) is 24.4 Å². The normalized spacial score (nSPS) is 12.1. The largest absolute Gasteiger partial charge is 0.382 e. The zero-order chi connectivity index (χ0) is 11.1. The topological polar surface area (TPSA) is 88.2 Å². The Morgan fingerprint density at radius 3 is 3.00 bits per heavy atom. The van der Waals surface area contributed by atoms with Gasteiger partial charge in [-0.2, -0.15) is 0 Å². The number of nitrogens with two attached hydrogens (primary N) is 1. The maximum Gasteiger partial charge on any atom is 0.250 e. The summed E-state index contributed by atoms with van der Waals surface area (Å²) in [6.07, 6.45) is 1.23. The van der Waals surface area contributed by atoms with E-state index in [1.807, 2.05) is 18.2 Å². The Labute approximate surface area is 88.3 Å². The molecule has 82 valence electrons. The summed E-state index contributed by atoms with van der Waals surface area (Å²) in [5.74, 6) is -0.437. The fourth-order valence-corrected chi connectivity index (χ4v) is 1.08. The number of carbonyl (C=O) groups excluding carboxylic acids is 1. The summed E-state index contributed by atoms with van der Waals surface area (Å²) in [4.78, 5) is 15.2. The third-order valence-electron chi connectivity index (χ3n) is 1.93. The van der Waals surface area contributed by atoms with Crippen LogP contribution >= 0.6 is 0 Å². The van der Waals surface area contributed by atoms with E-state index in [1.54, 1.807) is 6.20 Å². The maximum absolute atomic E-state index is 11.1. The van der Waals surface area contributed by atoms with Crippen LogP contribution in [0, 0.1) is 0 Å². The number of aromatic nitrogens is 1. The van der Waals surface area contributed by atoms with Crippen molar-refractivity contribution in [2.24, 2.45) is 5.73 Å². The summed E-state index contributed by atoms with van der Waals surface area (Å²) in [5, 5.41) is 11.6. The third kappa shape index (κ3) is 4.05. The highest BCUT2D eigenvalue weighted by Gasteiger charge is 2.11. The lowest BCUT2D eigenvalue weighted by Gasteiger charge is -2.08. The minimum atomic E-state index is -1.12. The Morgan fingerprint density at radius 2 is 2.40 bits per heavy atom. The molecule has 0 aliphatic heterocycles. The van der Waals surface area contributed by atoms with E-state index in [4.69, 9.17) is 10.8 Å². The van der Waals surface area contributed by atoms with Crippen LogP contribution in [0.5, 0.6) is 0 Å². The van der Waals surface area contributed by atoms with Crippen LogP contribution in [0.4, 0.5) is 0 Å². The molecule has 0 saturated heterocycles. The Hall–Kier alpha value is -1.46. The number of nitrogens with one attached hydrogen (secondary N) is 1. The first kappa shape index (κ1) is 11.6. The quantitative estimate of drug-likeness (QED) is 0.584. The monoisotopic (exact) mass is 209 g/mol. The van der Waals surface area contributed by atoms with Crippen LogP contribution in [0.2, 0.25) is 0 Å². The van der Waals surface area contributed by atoms with E-state index in [9.17, 15) is 4.79 Å². The summed E-state index contributed by atoms with van der Waals surface area (Å²) in [6.45, 7) is 0.391. The average Bonchev–Trinajstić information content (AvgIpc) is 2.29. The molecule has 0 aliphatic carbocycles. The van der Waals surface area contributed by atoms with Gasteiger partial charge in [0.15, 0.2) is 0 Å². The van der Waals surface area contributed by atoms with Crippen LogP contribution < -0.4 is 11.1 Å². The molecule has 1 aromatic rings. The summed E-state index contributed by atoms with van der Waals surface area (Å²) < 4.78 is 0. The molecule has 1 atom stereocenters. The molecule has 0 radical (unpaired) electrons. The predicted octanol–water partition coefficient (Wildman–Crippen LogP) is -0.940. The molecule has 1 unspecified atom stereocenters. The molecule has 0 fully saturated rings. The molecule has 15 heavy (non-hydrogen) atoms. The van der Waals surface area contributed by atoms with Crippen molar-refractivity contribution in [1.29, 1.82) is 0 Å². The molecule has 0 bridgehead atoms. The van der Waals surface area contributed by atoms with Gasteiger partial charge in [0.1, 0.15) is 6.10 Å². The Balaban J connectivity index is 2.25. The zero-order valence-corrected chi connectivity index (χ0v) is 8.39. The van der Waals surface area contributed by atoms with Gasteiger partial charge in [-0.1, -0.05) is 6.07 Å². The van der Waals surface area contributed by atoms with Crippen molar-refractivity contribution in [2.45, 2.75) is 12.5 Å². The molecule has 1 amide bonds. The first-order chi connectivity index (χ1) is 7.24. The second-order valence-electron chi connectivity index (χ2n) is 3.11. The molecule has 0 aliphatic rings. The molecule has 5 nitrogen and oxygen atoms in total. The van der Waals surface area contributed by atoms with Crippen molar-refractivity contribution in [3.8, 4) is 0 Å². The fraction of sp³-hybridized carbons (Fsp3) is 0.400. The molecule has 0 spiro atoms. The first-order valence-corrected chi connectivity index (χ1v) is 4.80. The summed E-state index contributed by atoms with van der Waals surface area (Å²) in [6, 6.07) is 5.60. The number of hydrogen-bond donors (Lipinski definition) is 3. The molecular weight excluding hydrogens is 194 g/mol. The number of pyridine rings is 1. The standard InChI is InChI=1S/C10H15N3O2/c11-7-9(14)10(15)13-6-4-8-3-1-2-5-12-8/h1-3,5,9,14H,4,6-7,11H2,(H,13,15). The number of nitrogens with zero attached hydrogens (tertiary/aromatic N) is 1. The highest BCUT2D eigenvalue weighted by Crippen LogP contribution is 1.93. The third-order valence-corrected chi connectivity index (χ3v) is 1.93. The van der Waals surface area contributed by atoms with Crippen molar-refractivity contribution >= 4 is 5.91 Å². The minimum Gasteiger partial charge on any atom is -0.382 e. The van der Waals surface area contributed by atoms with Crippen molar-refractivity contribution < 1.29 is 9.90 Å². The first-order valence-electron chi connectivity index (χ1n) is 4.80. The van der Waals surface area contributed by atoms with Gasteiger partial charge >= 0.3 is 0 Å². The Kier molecular flexibility index (Phi) is 4.73. The van der Waals surface area contributed by atoms with Gasteiger partial charge in [-0.3, -0.25) is 9.78 Å². The van der Waals surface area contributed by atoms with Crippen molar-refractivity contribution in [1.82, 2.24) is 10.3 Å². The maximum atomic E-state index is 11.1. The summed E-state index contributed by atoms with van der Waals surface area (Å²) >= 11 is 0. The molecule has 4 N–H and O–H groups in total. The second-order valence-corrected chi connectivity index (χ2v) is 3.11. The SMILES string of the molecule is NCC(O)C(=O)NCCc1ccccn1. The van der Waals surface area contributed by atoms with E-state index in [0.717, 1.165) is 5.69 Å². The van der Waals surface area contributed by atoms with E-state index in [2.05, 4.69) is 10.3 Å². The smallest absolute Gasteiger partial charge is 0.250 e. The van der Waals surface area contributed by atoms with Gasteiger partial charge in [0.25, 0.3) is 0 Å². The van der Waals surface area contributed by atoms with E-state index in [-0.39, 0.29) is 6.54 Å². The number of aliphatic hydroxyl groups excluding tert-OH is 1. The van der Waals surface area contributed by atoms with Crippen molar-refractivity contribution in [2.75, 3.05) is 13.1 Å². The fourth-order valence-electron chi connectivity index (χ4n) is 1.08. The number of hydrogen-bond acceptors (Lipinski definition) is 4. The number of amides is 1. The van der Waals surface area contributed by atoms with Crippen LogP contribution in [0.1, 0.15) is 5.69 Å². The Morgan fingerprint density at radius 1 is 1.60 bits per heavy atom. The lowest BCUT2D eigenvalue weighted by atomic mass is 10.2.